The van der Waals surface area contributed by atoms with Crippen molar-refractivity contribution >= 4 is 85.3 Å². The number of amides is 1. The molecule has 0 radical (unpaired) electrons. The fourth-order valence-electron chi connectivity index (χ4n) is 3.01. The molecule has 1 aliphatic heterocycles. The first-order valence-corrected chi connectivity index (χ1v) is 12.5. The van der Waals surface area contributed by atoms with E-state index < -0.39 is 0 Å². The van der Waals surface area contributed by atoms with Crippen LogP contribution < -0.4 is 10.1 Å². The zero-order valence-corrected chi connectivity index (χ0v) is 21.8. The summed E-state index contributed by atoms with van der Waals surface area (Å²) in [6.45, 7) is 2.14. The van der Waals surface area contributed by atoms with E-state index in [-0.39, 0.29) is 12.5 Å². The van der Waals surface area contributed by atoms with E-state index in [1.165, 1.54) is 11.8 Å². The van der Waals surface area contributed by atoms with Crippen molar-refractivity contribution in [3.05, 3.63) is 95.7 Å². The average Bonchev–Trinajstić information content (AvgIpc) is 3.10. The van der Waals surface area contributed by atoms with Crippen molar-refractivity contribution in [2.75, 3.05) is 0 Å². The Morgan fingerprint density at radius 1 is 1.09 bits per heavy atom. The Morgan fingerprint density at radius 3 is 2.70 bits per heavy atom. The molecule has 1 N–H and O–H groups in total. The lowest BCUT2D eigenvalue weighted by molar-refractivity contribution is -0.115. The van der Waals surface area contributed by atoms with Gasteiger partial charge in [0.25, 0.3) is 5.91 Å². The third-order valence-electron chi connectivity index (χ3n) is 4.77. The van der Waals surface area contributed by atoms with Crippen LogP contribution in [0.4, 0.5) is 5.69 Å². The molecule has 1 saturated heterocycles. The summed E-state index contributed by atoms with van der Waals surface area (Å²) in [6, 6.07) is 16.3. The lowest BCUT2D eigenvalue weighted by Gasteiger charge is -2.11. The fourth-order valence-corrected chi connectivity index (χ4v) is 4.84. The van der Waals surface area contributed by atoms with Crippen LogP contribution in [0.15, 0.2) is 69.0 Å². The molecule has 4 nitrogen and oxygen atoms in total. The largest absolute Gasteiger partial charge is 0.488 e. The highest BCUT2D eigenvalue weighted by molar-refractivity contribution is 9.10. The molecule has 9 heteroatoms. The number of thioether (sulfide) groups is 1. The van der Waals surface area contributed by atoms with Gasteiger partial charge in [-0.15, -0.1) is 0 Å². The molecule has 0 spiro atoms. The van der Waals surface area contributed by atoms with E-state index in [1.54, 1.807) is 24.3 Å². The molecule has 33 heavy (non-hydrogen) atoms. The predicted octanol–water partition coefficient (Wildman–Crippen LogP) is 8.19. The first-order chi connectivity index (χ1) is 15.8. The first-order valence-electron chi connectivity index (χ1n) is 9.71. The molecule has 1 amide bonds. The number of carbonyl (C=O) groups excluding carboxylic acids is 1. The molecule has 3 aromatic rings. The van der Waals surface area contributed by atoms with Crippen molar-refractivity contribution in [1.29, 1.82) is 0 Å². The zero-order chi connectivity index (χ0) is 23.5. The summed E-state index contributed by atoms with van der Waals surface area (Å²) in [6.07, 6.45) is 1.77. The fraction of sp³-hybridized carbons (Fsp3) is 0.0833. The Hall–Kier alpha value is -1.96. The molecule has 0 aliphatic carbocycles. The van der Waals surface area contributed by atoms with Gasteiger partial charge in [-0.25, -0.2) is 4.99 Å². The van der Waals surface area contributed by atoms with Gasteiger partial charge in [-0.2, -0.15) is 0 Å². The SMILES string of the molecule is Cc1c(Cl)cccc1N=C1NC(=O)/C(=C\c2cc(Br)ccc2OCc2ccc(Cl)cc2Cl)S1. The number of aliphatic imine (C=N–C) groups is 1. The van der Waals surface area contributed by atoms with Crippen LogP contribution in [0.5, 0.6) is 5.75 Å². The Balaban J connectivity index is 1.58. The Labute approximate surface area is 219 Å². The summed E-state index contributed by atoms with van der Waals surface area (Å²) in [4.78, 5) is 17.6. The molecule has 1 fully saturated rings. The zero-order valence-electron chi connectivity index (χ0n) is 17.2. The predicted molar refractivity (Wildman–Crippen MR) is 142 cm³/mol. The molecular weight excluding hydrogens is 567 g/mol. The minimum absolute atomic E-state index is 0.231. The monoisotopic (exact) mass is 580 g/mol. The quantitative estimate of drug-likeness (QED) is 0.309. The van der Waals surface area contributed by atoms with Gasteiger partial charge in [0.2, 0.25) is 0 Å². The maximum absolute atomic E-state index is 12.6. The van der Waals surface area contributed by atoms with Gasteiger partial charge in [0, 0.05) is 30.7 Å². The number of nitrogens with one attached hydrogen (secondary N) is 1. The van der Waals surface area contributed by atoms with Crippen LogP contribution >= 0.6 is 62.5 Å². The molecule has 1 aliphatic rings. The molecule has 0 atom stereocenters. The maximum Gasteiger partial charge on any atom is 0.264 e. The highest BCUT2D eigenvalue weighted by Gasteiger charge is 2.24. The van der Waals surface area contributed by atoms with E-state index in [2.05, 4.69) is 26.2 Å². The van der Waals surface area contributed by atoms with Crippen LogP contribution in [0.25, 0.3) is 6.08 Å². The van der Waals surface area contributed by atoms with Crippen LogP contribution in [0.2, 0.25) is 15.1 Å². The van der Waals surface area contributed by atoms with E-state index in [0.29, 0.717) is 36.6 Å². The summed E-state index contributed by atoms with van der Waals surface area (Å²) >= 11 is 23.1. The number of carbonyl (C=O) groups is 1. The summed E-state index contributed by atoms with van der Waals surface area (Å²) in [5.74, 6) is 0.381. The summed E-state index contributed by atoms with van der Waals surface area (Å²) < 4.78 is 6.88. The number of benzene rings is 3. The van der Waals surface area contributed by atoms with Crippen molar-refractivity contribution in [2.24, 2.45) is 4.99 Å². The number of ether oxygens (including phenoxy) is 1. The first kappa shape index (κ1) is 24.2. The Bertz CT molecular complexity index is 1310. The van der Waals surface area contributed by atoms with Crippen LogP contribution in [-0.4, -0.2) is 11.1 Å². The van der Waals surface area contributed by atoms with E-state index in [9.17, 15) is 4.79 Å². The van der Waals surface area contributed by atoms with Crippen LogP contribution in [0, 0.1) is 6.92 Å². The van der Waals surface area contributed by atoms with Crippen molar-refractivity contribution < 1.29 is 9.53 Å². The molecule has 0 saturated carbocycles. The van der Waals surface area contributed by atoms with Gasteiger partial charge in [0.05, 0.1) is 10.6 Å². The lowest BCUT2D eigenvalue weighted by Crippen LogP contribution is -2.19. The van der Waals surface area contributed by atoms with Crippen molar-refractivity contribution in [3.63, 3.8) is 0 Å². The second-order valence-corrected chi connectivity index (χ2v) is 10.3. The number of halogens is 4. The van der Waals surface area contributed by atoms with Crippen molar-refractivity contribution in [3.8, 4) is 5.75 Å². The van der Waals surface area contributed by atoms with E-state index in [1.807, 2.05) is 43.3 Å². The van der Waals surface area contributed by atoms with Gasteiger partial charge in [-0.1, -0.05) is 62.9 Å². The Kier molecular flexibility index (Phi) is 7.72. The smallest absolute Gasteiger partial charge is 0.264 e. The summed E-state index contributed by atoms with van der Waals surface area (Å²) in [7, 11) is 0. The van der Waals surface area contributed by atoms with Gasteiger partial charge in [0.15, 0.2) is 5.17 Å². The normalized spacial score (nSPS) is 15.8. The number of hydrogen-bond donors (Lipinski definition) is 1. The van der Waals surface area contributed by atoms with Crippen LogP contribution in [0.3, 0.4) is 0 Å². The average molecular weight is 583 g/mol. The van der Waals surface area contributed by atoms with Crippen molar-refractivity contribution in [1.82, 2.24) is 5.32 Å². The molecule has 1 heterocycles. The number of amidine groups is 1. The second kappa shape index (κ2) is 10.5. The highest BCUT2D eigenvalue weighted by atomic mass is 79.9. The third-order valence-corrected chi connectivity index (χ3v) is 7.17. The molecule has 0 bridgehead atoms. The Morgan fingerprint density at radius 2 is 1.91 bits per heavy atom. The summed E-state index contributed by atoms with van der Waals surface area (Å²) in [5, 5.41) is 5.01. The topological polar surface area (TPSA) is 50.7 Å². The third kappa shape index (κ3) is 5.94. The minimum atomic E-state index is -0.231. The molecule has 168 valence electrons. The van der Waals surface area contributed by atoms with Crippen molar-refractivity contribution in [2.45, 2.75) is 13.5 Å². The van der Waals surface area contributed by atoms with Gasteiger partial charge in [0.1, 0.15) is 12.4 Å². The van der Waals surface area contributed by atoms with Crippen LogP contribution in [0.1, 0.15) is 16.7 Å². The van der Waals surface area contributed by atoms with Crippen LogP contribution in [-0.2, 0) is 11.4 Å². The maximum atomic E-state index is 12.6. The number of hydrogen-bond acceptors (Lipinski definition) is 4. The van der Waals surface area contributed by atoms with E-state index in [4.69, 9.17) is 39.5 Å². The highest BCUT2D eigenvalue weighted by Crippen LogP contribution is 2.34. The standard InChI is InChI=1S/C24H16BrCl3N2O2S/c1-13-18(27)3-2-4-20(13)29-24-30-23(31)22(33-24)10-15-9-16(25)6-8-21(15)32-12-14-5-7-17(26)11-19(14)28/h2-11H,12H2,1H3,(H,29,30,31)/b22-10+. The van der Waals surface area contributed by atoms with Gasteiger partial charge < -0.3 is 10.1 Å². The minimum Gasteiger partial charge on any atom is -0.488 e. The lowest BCUT2D eigenvalue weighted by atomic mass is 10.1. The molecular formula is C24H16BrCl3N2O2S. The molecule has 0 unspecified atom stereocenters. The second-order valence-electron chi connectivity index (χ2n) is 7.07. The van der Waals surface area contributed by atoms with Gasteiger partial charge in [-0.05, 0) is 72.8 Å². The molecule has 3 aromatic carbocycles. The van der Waals surface area contributed by atoms with Gasteiger partial charge in [-0.3, -0.25) is 4.79 Å². The number of nitrogens with zero attached hydrogens (tertiary/aromatic N) is 1. The van der Waals surface area contributed by atoms with E-state index >= 15 is 0 Å². The molecule has 4 rings (SSSR count). The summed E-state index contributed by atoms with van der Waals surface area (Å²) in [5.41, 5.74) is 3.11. The van der Waals surface area contributed by atoms with Gasteiger partial charge >= 0.3 is 0 Å². The number of rotatable bonds is 5. The molecule has 0 aromatic heterocycles. The van der Waals surface area contributed by atoms with E-state index in [0.717, 1.165) is 21.2 Å².